The van der Waals surface area contributed by atoms with E-state index >= 15 is 0 Å². The molecule has 25 nitrogen and oxygen atoms in total. The van der Waals surface area contributed by atoms with Crippen molar-refractivity contribution >= 4 is 102 Å². The first kappa shape index (κ1) is 80.9. The van der Waals surface area contributed by atoms with Gasteiger partial charge in [0.1, 0.15) is 59.2 Å². The summed E-state index contributed by atoms with van der Waals surface area (Å²) in [5.41, 5.74) is 23.1. The molecule has 0 saturated carbocycles. The summed E-state index contributed by atoms with van der Waals surface area (Å²) >= 11 is 0. The summed E-state index contributed by atoms with van der Waals surface area (Å²) in [6.07, 6.45) is 9.83. The number of ether oxygens (including phenoxy) is 6. The maximum atomic E-state index is 14.2. The van der Waals surface area contributed by atoms with Crippen molar-refractivity contribution in [2.75, 3.05) is 55.7 Å². The van der Waals surface area contributed by atoms with E-state index in [4.69, 9.17) is 45.6 Å². The molecule has 13 N–H and O–H groups in total. The molecule has 6 atom stereocenters. The number of nitrogens with zero attached hydrogens (tertiary/aromatic N) is 1. The predicted molar refractivity (Wildman–Crippen MR) is 409 cm³/mol. The van der Waals surface area contributed by atoms with E-state index in [1.165, 1.54) is 28.1 Å². The SMILES string of the molecule is COC(=O)[C@@H]1CC=CCc2cc3ccccc3c(c2OC)-c2c(OC)c(cc3ccccc23)CC(NC(C)=O)C(=O)N[C@@H](CCCN=C(C)N)C(=O)N1.COC(=O)[C@@H]1CC=CCc2cc3ccccc3c(c2OC)-c2c(OC)c(cc3ccccc23)CC(NC(C)=O)C(=O)N[C@@H](CCC[NH+]=C(N)N)C(=O)N1.[Cl-]. The van der Waals surface area contributed by atoms with Gasteiger partial charge in [-0.25, -0.2) is 9.59 Å². The van der Waals surface area contributed by atoms with Gasteiger partial charge in [-0.2, -0.15) is 0 Å². The van der Waals surface area contributed by atoms with Gasteiger partial charge in [-0.05, 0) is 148 Å². The zero-order valence-corrected chi connectivity index (χ0v) is 62.3. The highest BCUT2D eigenvalue weighted by Gasteiger charge is 2.35. The molecule has 564 valence electrons. The van der Waals surface area contributed by atoms with Crippen molar-refractivity contribution in [1.29, 1.82) is 0 Å². The minimum atomic E-state index is -1.11. The van der Waals surface area contributed by atoms with Crippen LogP contribution in [0.1, 0.15) is 81.5 Å². The maximum absolute atomic E-state index is 14.2. The van der Waals surface area contributed by atoms with E-state index in [9.17, 15) is 38.4 Å². The van der Waals surface area contributed by atoms with Crippen LogP contribution >= 0.6 is 0 Å². The van der Waals surface area contributed by atoms with E-state index in [0.29, 0.717) is 78.7 Å². The summed E-state index contributed by atoms with van der Waals surface area (Å²) in [6.45, 7) is 4.98. The molecule has 8 aromatic carbocycles. The second kappa shape index (κ2) is 38.3. The fourth-order valence-electron chi connectivity index (χ4n) is 13.7. The molecule has 107 heavy (non-hydrogen) atoms. The van der Waals surface area contributed by atoms with E-state index in [-0.39, 0.29) is 56.9 Å². The summed E-state index contributed by atoms with van der Waals surface area (Å²) in [6, 6.07) is 33.5. The average molecular weight is 1480 g/mol. The Labute approximate surface area is 627 Å². The number of guanidine groups is 1. The Morgan fingerprint density at radius 1 is 0.467 bits per heavy atom. The lowest BCUT2D eigenvalue weighted by atomic mass is 9.87. The number of carbonyl (C=O) groups is 8. The van der Waals surface area contributed by atoms with E-state index in [0.717, 1.165) is 76.5 Å². The molecule has 0 fully saturated rings. The first-order valence-corrected chi connectivity index (χ1v) is 35.1. The summed E-state index contributed by atoms with van der Waals surface area (Å²) in [5, 5.41) is 24.2. The highest BCUT2D eigenvalue weighted by atomic mass is 35.5. The number of amides is 6. The fraction of sp³-hybridized carbons (Fsp3) is 0.333. The summed E-state index contributed by atoms with van der Waals surface area (Å²) in [4.78, 5) is 114. The number of carbonyl (C=O) groups excluding carboxylic acids is 8. The number of benzene rings is 8. The Hall–Kier alpha value is -11.7. The Bertz CT molecular complexity index is 4450. The van der Waals surface area contributed by atoms with Gasteiger partial charge in [-0.3, -0.25) is 50.2 Å². The van der Waals surface area contributed by atoms with Crippen molar-refractivity contribution in [2.24, 2.45) is 22.2 Å². The first-order valence-electron chi connectivity index (χ1n) is 35.1. The molecule has 0 saturated heterocycles. The zero-order chi connectivity index (χ0) is 76.1. The van der Waals surface area contributed by atoms with Crippen LogP contribution in [-0.4, -0.2) is 151 Å². The highest BCUT2D eigenvalue weighted by molar-refractivity contribution is 6.13. The molecule has 2 heterocycles. The van der Waals surface area contributed by atoms with Crippen molar-refractivity contribution < 1.29 is 84.2 Å². The molecule has 26 heteroatoms. The van der Waals surface area contributed by atoms with Crippen LogP contribution in [0.25, 0.3) is 65.3 Å². The lowest BCUT2D eigenvalue weighted by Gasteiger charge is -2.26. The van der Waals surface area contributed by atoms with Crippen LogP contribution in [0.3, 0.4) is 0 Å². The quantitative estimate of drug-likeness (QED) is 0.0218. The lowest BCUT2D eigenvalue weighted by molar-refractivity contribution is -0.459. The van der Waals surface area contributed by atoms with Crippen molar-refractivity contribution in [3.63, 3.8) is 0 Å². The van der Waals surface area contributed by atoms with E-state index in [2.05, 4.69) is 54.0 Å². The number of esters is 2. The Morgan fingerprint density at radius 2 is 0.804 bits per heavy atom. The van der Waals surface area contributed by atoms with Gasteiger partial charge in [0, 0.05) is 55.5 Å². The van der Waals surface area contributed by atoms with Gasteiger partial charge in [-0.15, -0.1) is 0 Å². The Balaban J connectivity index is 0.000000267. The van der Waals surface area contributed by atoms with Gasteiger partial charge in [0.15, 0.2) is 0 Å². The molecule has 8 bridgehead atoms. The summed E-state index contributed by atoms with van der Waals surface area (Å²) in [5.74, 6) is -1.79. The minimum absolute atomic E-state index is 0. The molecule has 2 unspecified atom stereocenters. The minimum Gasteiger partial charge on any atom is -1.00 e. The highest BCUT2D eigenvalue weighted by Crippen LogP contribution is 2.51. The Kier molecular flexibility index (Phi) is 29.0. The normalized spacial score (nSPS) is 17.9. The number of methoxy groups -OCH3 is 6. The summed E-state index contributed by atoms with van der Waals surface area (Å²) < 4.78 is 34.9. The number of nitrogens with two attached hydrogens (primary N) is 3. The third-order valence-electron chi connectivity index (χ3n) is 18.5. The maximum Gasteiger partial charge on any atom is 0.338 e. The number of fused-ring (bicyclic) bond motifs is 18. The Morgan fingerprint density at radius 3 is 1.13 bits per heavy atom. The number of rotatable bonds is 16. The molecule has 8 aromatic rings. The molecule has 0 radical (unpaired) electrons. The molecule has 2 aliphatic heterocycles. The van der Waals surface area contributed by atoms with Crippen LogP contribution in [0.5, 0.6) is 23.0 Å². The number of amidine groups is 1. The fourth-order valence-corrected chi connectivity index (χ4v) is 13.7. The topological polar surface area (TPSA) is 369 Å². The van der Waals surface area contributed by atoms with Crippen LogP contribution in [-0.2, 0) is 73.5 Å². The first-order chi connectivity index (χ1) is 51.1. The number of halogens is 1. The third-order valence-corrected chi connectivity index (χ3v) is 18.5. The summed E-state index contributed by atoms with van der Waals surface area (Å²) in [7, 11) is 8.92. The number of nitrogens with one attached hydrogen (secondary N) is 7. The molecule has 0 spiro atoms. The molecule has 10 rings (SSSR count). The number of allylic oxidation sites excluding steroid dienone is 2. The smallest absolute Gasteiger partial charge is 0.338 e. The molecular weight excluding hydrogens is 1390 g/mol. The molecule has 6 amide bonds. The standard InChI is InChI=1S/C41H47N5O7.C40H46N6O7.ClH/c1-24(42)43-20-12-19-32-39(48)46-33(41(50)53-5)18-11-8-15-28-21-26-13-6-9-16-30(26)35(37(28)51-3)36-31-17-10-7-14-27(31)22-29(38(36)52-4)23-34(40(49)45-32)44-25(2)47;1-23(47)44-32-22-27-21-25-13-6-9-16-29(25)34(36(27)52-3)33-28-15-8-5-12-24(28)20-26(35(33)51-2)14-7-10-17-31(39(50)53-4)46-37(48)30(45-38(32)49)18-11-19-43-40(41)42;/h6-11,13-14,16-17,21-22,32-34H,12,15,18-20,23H2,1-5H3,(H2,42,43)(H,44,47)(H,45,49)(H,46,48);5-10,12-13,15-16,20-21,30-32H,11,14,17-19,22H2,1-4H3,(H,44,47)(H,45,49)(H,46,48)(H4,41,42,43);1H/t32-,33-,34?;30-,31-,32?;/m00./s1. The molecular formula is C81H94ClN11O14. The van der Waals surface area contributed by atoms with E-state index < -0.39 is 83.6 Å². The van der Waals surface area contributed by atoms with Crippen molar-refractivity contribution in [1.82, 2.24) is 31.9 Å². The molecule has 2 aliphatic rings. The molecule has 0 aliphatic carbocycles. The van der Waals surface area contributed by atoms with E-state index in [1.54, 1.807) is 41.4 Å². The van der Waals surface area contributed by atoms with Gasteiger partial charge in [-0.1, -0.05) is 121 Å². The van der Waals surface area contributed by atoms with Crippen molar-refractivity contribution in [3.8, 4) is 45.3 Å². The van der Waals surface area contributed by atoms with Crippen LogP contribution in [0.4, 0.5) is 0 Å². The van der Waals surface area contributed by atoms with Gasteiger partial charge in [0.25, 0.3) is 0 Å². The zero-order valence-electron chi connectivity index (χ0n) is 61.6. The van der Waals surface area contributed by atoms with Crippen LogP contribution in [0.15, 0.2) is 151 Å². The van der Waals surface area contributed by atoms with Crippen molar-refractivity contribution in [2.45, 2.75) is 121 Å². The van der Waals surface area contributed by atoms with Crippen LogP contribution < -0.4 is 85.4 Å². The van der Waals surface area contributed by atoms with Gasteiger partial charge in [0.2, 0.25) is 35.4 Å². The number of hydrogen-bond acceptors (Lipinski definition) is 15. The predicted octanol–water partition coefficient (Wildman–Crippen LogP) is 3.03. The van der Waals surface area contributed by atoms with Gasteiger partial charge in [0.05, 0.1) is 55.0 Å². The molecule has 0 aromatic heterocycles. The second-order valence-electron chi connectivity index (χ2n) is 25.9. The average Bonchev–Trinajstić information content (AvgIpc) is 0.744. The van der Waals surface area contributed by atoms with Crippen molar-refractivity contribution in [3.05, 3.63) is 168 Å². The lowest BCUT2D eigenvalue weighted by Crippen LogP contribution is -3.00. The second-order valence-corrected chi connectivity index (χ2v) is 25.9. The van der Waals surface area contributed by atoms with Gasteiger partial charge >= 0.3 is 17.9 Å². The number of hydrogen-bond donors (Lipinski definition) is 10. The van der Waals surface area contributed by atoms with Gasteiger partial charge < -0.3 is 78.5 Å². The van der Waals surface area contributed by atoms with Crippen LogP contribution in [0, 0.1) is 0 Å². The largest absolute Gasteiger partial charge is 1.00 e. The third kappa shape index (κ3) is 20.0. The van der Waals surface area contributed by atoms with Crippen LogP contribution in [0.2, 0.25) is 0 Å². The number of aliphatic imine (C=N–C) groups is 1. The monoisotopic (exact) mass is 1480 g/mol. The van der Waals surface area contributed by atoms with E-state index in [1.807, 2.05) is 127 Å².